The average Bonchev–Trinajstić information content (AvgIpc) is 2.81. The molecule has 1 aliphatic rings. The summed E-state index contributed by atoms with van der Waals surface area (Å²) in [5.41, 5.74) is 0.936. The number of carbonyl (C=O) groups excluding carboxylic acids is 1. The van der Waals surface area contributed by atoms with Gasteiger partial charge >= 0.3 is 5.97 Å². The number of benzene rings is 1. The fraction of sp³-hybridized carbons (Fsp3) is 0.385. The zero-order valence-electron chi connectivity index (χ0n) is 11.6. The predicted molar refractivity (Wildman–Crippen MR) is 77.1 cm³/mol. The molecular weight excluding hydrogens is 299 g/mol. The van der Waals surface area contributed by atoms with Crippen molar-refractivity contribution in [2.24, 2.45) is 4.99 Å². The van der Waals surface area contributed by atoms with Crippen molar-refractivity contribution in [3.05, 3.63) is 29.1 Å². The minimum absolute atomic E-state index is 0.0825. The lowest BCUT2D eigenvalue weighted by molar-refractivity contribution is 0.0600. The van der Waals surface area contributed by atoms with E-state index in [4.69, 9.17) is 0 Å². The van der Waals surface area contributed by atoms with E-state index in [1.54, 1.807) is 0 Å². The molecule has 0 aromatic heterocycles. The van der Waals surface area contributed by atoms with Gasteiger partial charge < -0.3 is 10.1 Å². The Morgan fingerprint density at radius 3 is 2.81 bits per heavy atom. The SMILES string of the molecule is COC(=O)c1ccc(F)c2c1CC(=NCCS(C)(=O)=O)N2. The lowest BCUT2D eigenvalue weighted by Gasteiger charge is -2.05. The molecule has 0 aliphatic carbocycles. The average molecular weight is 314 g/mol. The molecule has 6 nitrogen and oxygen atoms in total. The van der Waals surface area contributed by atoms with Crippen LogP contribution in [0.1, 0.15) is 15.9 Å². The third-order valence-electron chi connectivity index (χ3n) is 3.05. The smallest absolute Gasteiger partial charge is 0.338 e. The van der Waals surface area contributed by atoms with Gasteiger partial charge in [0.05, 0.1) is 30.7 Å². The van der Waals surface area contributed by atoms with Crippen LogP contribution in [0.25, 0.3) is 0 Å². The van der Waals surface area contributed by atoms with Crippen LogP contribution in [0.15, 0.2) is 17.1 Å². The van der Waals surface area contributed by atoms with E-state index in [1.165, 1.54) is 19.2 Å². The van der Waals surface area contributed by atoms with E-state index in [0.717, 1.165) is 6.26 Å². The molecule has 0 spiro atoms. The zero-order chi connectivity index (χ0) is 15.6. The molecule has 1 N–H and O–H groups in total. The Labute approximate surface area is 121 Å². The minimum atomic E-state index is -3.10. The van der Waals surface area contributed by atoms with Crippen molar-refractivity contribution in [1.82, 2.24) is 0 Å². The molecule has 1 aromatic rings. The summed E-state index contributed by atoms with van der Waals surface area (Å²) < 4.78 is 40.5. The molecule has 1 heterocycles. The van der Waals surface area contributed by atoms with Crippen LogP contribution in [-0.2, 0) is 21.0 Å². The van der Waals surface area contributed by atoms with Gasteiger partial charge in [-0.2, -0.15) is 0 Å². The number of nitrogens with one attached hydrogen (secondary N) is 1. The summed E-state index contributed by atoms with van der Waals surface area (Å²) in [6.45, 7) is 0.0876. The summed E-state index contributed by atoms with van der Waals surface area (Å²) in [5, 5.41) is 2.78. The summed E-state index contributed by atoms with van der Waals surface area (Å²) in [4.78, 5) is 15.7. The van der Waals surface area contributed by atoms with Crippen LogP contribution in [0.3, 0.4) is 0 Å². The van der Waals surface area contributed by atoms with Crippen LogP contribution in [0.4, 0.5) is 10.1 Å². The Hall–Kier alpha value is -1.96. The third kappa shape index (κ3) is 3.57. The highest BCUT2D eigenvalue weighted by molar-refractivity contribution is 7.90. The number of fused-ring (bicyclic) bond motifs is 1. The van der Waals surface area contributed by atoms with Crippen LogP contribution in [0.2, 0.25) is 0 Å². The number of halogens is 1. The molecular formula is C13H15FN2O4S. The van der Waals surface area contributed by atoms with E-state index in [-0.39, 0.29) is 30.0 Å². The van der Waals surface area contributed by atoms with Gasteiger partial charge in [0, 0.05) is 18.2 Å². The van der Waals surface area contributed by atoms with Crippen molar-refractivity contribution in [2.75, 3.05) is 31.0 Å². The third-order valence-corrected chi connectivity index (χ3v) is 3.97. The number of esters is 1. The number of anilines is 1. The van der Waals surface area contributed by atoms with E-state index in [0.29, 0.717) is 11.4 Å². The molecule has 0 bridgehead atoms. The Balaban J connectivity index is 2.23. The number of hydrogen-bond donors (Lipinski definition) is 1. The quantitative estimate of drug-likeness (QED) is 0.839. The first kappa shape index (κ1) is 15.4. The Morgan fingerprint density at radius 2 is 2.19 bits per heavy atom. The molecule has 114 valence electrons. The first-order valence-corrected chi connectivity index (χ1v) is 8.25. The Bertz CT molecular complexity index is 713. The molecule has 21 heavy (non-hydrogen) atoms. The first-order chi connectivity index (χ1) is 9.81. The van der Waals surface area contributed by atoms with Crippen molar-refractivity contribution >= 4 is 27.3 Å². The minimum Gasteiger partial charge on any atom is -0.465 e. The summed E-state index contributed by atoms with van der Waals surface area (Å²) >= 11 is 0. The largest absolute Gasteiger partial charge is 0.465 e. The maximum Gasteiger partial charge on any atom is 0.338 e. The lowest BCUT2D eigenvalue weighted by Crippen LogP contribution is -2.12. The molecule has 0 unspecified atom stereocenters. The number of ether oxygens (including phenoxy) is 1. The molecule has 1 aliphatic heterocycles. The number of nitrogens with zero attached hydrogens (tertiary/aromatic N) is 1. The van der Waals surface area contributed by atoms with Gasteiger partial charge in [-0.1, -0.05) is 0 Å². The van der Waals surface area contributed by atoms with Gasteiger partial charge in [-0.25, -0.2) is 17.6 Å². The van der Waals surface area contributed by atoms with Crippen LogP contribution in [-0.4, -0.2) is 45.9 Å². The summed E-state index contributed by atoms with van der Waals surface area (Å²) in [7, 11) is -1.85. The molecule has 0 fully saturated rings. The van der Waals surface area contributed by atoms with Crippen LogP contribution in [0, 0.1) is 5.82 Å². The second kappa shape index (κ2) is 5.80. The summed E-state index contributed by atoms with van der Waals surface area (Å²) in [6.07, 6.45) is 1.36. The molecule has 8 heteroatoms. The van der Waals surface area contributed by atoms with Crippen molar-refractivity contribution in [1.29, 1.82) is 0 Å². The molecule has 2 rings (SSSR count). The summed E-state index contributed by atoms with van der Waals surface area (Å²) in [6, 6.07) is 2.54. The van der Waals surface area contributed by atoms with E-state index in [1.807, 2.05) is 0 Å². The van der Waals surface area contributed by atoms with Crippen LogP contribution < -0.4 is 5.32 Å². The van der Waals surface area contributed by atoms with E-state index in [2.05, 4.69) is 15.0 Å². The number of rotatable bonds is 4. The van der Waals surface area contributed by atoms with E-state index >= 15 is 0 Å². The summed E-state index contributed by atoms with van der Waals surface area (Å²) in [5.74, 6) is -0.693. The van der Waals surface area contributed by atoms with Gasteiger partial charge in [-0.3, -0.25) is 4.99 Å². The first-order valence-electron chi connectivity index (χ1n) is 6.19. The predicted octanol–water partition coefficient (Wildman–Crippen LogP) is 1.02. The Morgan fingerprint density at radius 1 is 1.48 bits per heavy atom. The van der Waals surface area contributed by atoms with Crippen molar-refractivity contribution in [3.8, 4) is 0 Å². The number of methoxy groups -OCH3 is 1. The number of aliphatic imine (C=N–C) groups is 1. The zero-order valence-corrected chi connectivity index (χ0v) is 12.5. The number of sulfone groups is 1. The highest BCUT2D eigenvalue weighted by Gasteiger charge is 2.26. The highest BCUT2D eigenvalue weighted by atomic mass is 32.2. The van der Waals surface area contributed by atoms with Crippen molar-refractivity contribution in [2.45, 2.75) is 6.42 Å². The van der Waals surface area contributed by atoms with Gasteiger partial charge in [-0.05, 0) is 12.1 Å². The van der Waals surface area contributed by atoms with Crippen molar-refractivity contribution in [3.63, 3.8) is 0 Å². The molecule has 1 aromatic carbocycles. The monoisotopic (exact) mass is 314 g/mol. The van der Waals surface area contributed by atoms with Gasteiger partial charge in [-0.15, -0.1) is 0 Å². The second-order valence-electron chi connectivity index (χ2n) is 4.70. The molecule has 0 amide bonds. The van der Waals surface area contributed by atoms with E-state index < -0.39 is 21.6 Å². The number of amidine groups is 1. The molecule has 0 saturated heterocycles. The van der Waals surface area contributed by atoms with E-state index in [9.17, 15) is 17.6 Å². The van der Waals surface area contributed by atoms with Crippen molar-refractivity contribution < 1.29 is 22.3 Å². The fourth-order valence-electron chi connectivity index (χ4n) is 2.04. The standard InChI is InChI=1S/C13H15FN2O4S/c1-20-13(17)8-3-4-10(14)12-9(8)7-11(16-12)15-5-6-21(2,18)19/h3-4H,5-7H2,1-2H3,(H,15,16). The maximum atomic E-state index is 13.8. The Kier molecular flexibility index (Phi) is 4.26. The second-order valence-corrected chi connectivity index (χ2v) is 6.96. The molecule has 0 saturated carbocycles. The van der Waals surface area contributed by atoms with Gasteiger partial charge in [0.25, 0.3) is 0 Å². The maximum absolute atomic E-state index is 13.8. The van der Waals surface area contributed by atoms with Gasteiger partial charge in [0.2, 0.25) is 0 Å². The number of hydrogen-bond acceptors (Lipinski definition) is 5. The van der Waals surface area contributed by atoms with Gasteiger partial charge in [0.1, 0.15) is 21.5 Å². The highest BCUT2D eigenvalue weighted by Crippen LogP contribution is 2.30. The molecule has 0 atom stereocenters. The lowest BCUT2D eigenvalue weighted by atomic mass is 10.0. The fourth-order valence-corrected chi connectivity index (χ4v) is 2.46. The van der Waals surface area contributed by atoms with Crippen LogP contribution in [0.5, 0.6) is 0 Å². The molecule has 0 radical (unpaired) electrons. The van der Waals surface area contributed by atoms with Crippen LogP contribution >= 0.6 is 0 Å². The van der Waals surface area contributed by atoms with Gasteiger partial charge in [0.15, 0.2) is 0 Å². The number of carbonyl (C=O) groups is 1. The topological polar surface area (TPSA) is 84.8 Å². The normalized spacial score (nSPS) is 15.7.